The number of piperazine rings is 1. The van der Waals surface area contributed by atoms with Crippen molar-refractivity contribution in [3.8, 4) is 16.9 Å². The van der Waals surface area contributed by atoms with Gasteiger partial charge in [-0.05, 0) is 37.8 Å². The molecule has 0 aromatic carbocycles. The third kappa shape index (κ3) is 4.49. The molecule has 7 nitrogen and oxygen atoms in total. The Morgan fingerprint density at radius 3 is 2.94 bits per heavy atom. The summed E-state index contributed by atoms with van der Waals surface area (Å²) >= 11 is 0. The van der Waals surface area contributed by atoms with Crippen molar-refractivity contribution in [3.05, 3.63) is 46.8 Å². The van der Waals surface area contributed by atoms with E-state index >= 15 is 0 Å². The fraction of sp³-hybridized carbons (Fsp3) is 0.478. The highest BCUT2D eigenvalue weighted by Gasteiger charge is 2.24. The molecule has 5 rings (SSSR count). The normalized spacial score (nSPS) is 19.4. The molecule has 2 fully saturated rings. The predicted molar refractivity (Wildman–Crippen MR) is 123 cm³/mol. The standard InChI is InChI=1S/C23H28N4O3.ClH/c1-15-10-25-7-8-27(15)12-17-9-19-22(30-17)20(13-26(2)23(19)28)18-5-6-24-11-21(18)29-14-16-3-4-16;/h5-6,9,11,13,15-16,25H,3-4,7-8,10,12,14H2,1-2H3;1H. The molecule has 8 heteroatoms. The largest absolute Gasteiger partial charge is 0.491 e. The predicted octanol–water partition coefficient (Wildman–Crippen LogP) is 3.20. The highest BCUT2D eigenvalue weighted by atomic mass is 35.5. The highest BCUT2D eigenvalue weighted by molar-refractivity contribution is 5.93. The second-order valence-electron chi connectivity index (χ2n) is 8.56. The number of hydrogen-bond donors (Lipinski definition) is 1. The maximum absolute atomic E-state index is 12.8. The molecule has 1 unspecified atom stereocenters. The van der Waals surface area contributed by atoms with Crippen molar-refractivity contribution >= 4 is 23.4 Å². The van der Waals surface area contributed by atoms with Crippen molar-refractivity contribution in [2.45, 2.75) is 32.4 Å². The minimum Gasteiger partial charge on any atom is -0.491 e. The minimum atomic E-state index is -0.0494. The minimum absolute atomic E-state index is 0. The zero-order valence-electron chi connectivity index (χ0n) is 18.0. The van der Waals surface area contributed by atoms with Gasteiger partial charge in [-0.1, -0.05) is 0 Å². The van der Waals surface area contributed by atoms with Crippen LogP contribution in [0.1, 0.15) is 25.5 Å². The van der Waals surface area contributed by atoms with Gasteiger partial charge >= 0.3 is 0 Å². The maximum atomic E-state index is 12.8. The Hall–Kier alpha value is -2.35. The molecule has 1 saturated heterocycles. The van der Waals surface area contributed by atoms with E-state index < -0.39 is 0 Å². The molecular formula is C23H29ClN4O3. The van der Waals surface area contributed by atoms with Gasteiger partial charge in [0.25, 0.3) is 5.56 Å². The van der Waals surface area contributed by atoms with Crippen molar-refractivity contribution in [2.24, 2.45) is 13.0 Å². The van der Waals surface area contributed by atoms with Crippen LogP contribution < -0.4 is 15.6 Å². The number of aromatic nitrogens is 2. The molecule has 166 valence electrons. The number of hydrogen-bond acceptors (Lipinski definition) is 6. The lowest BCUT2D eigenvalue weighted by atomic mass is 10.1. The van der Waals surface area contributed by atoms with Crippen LogP contribution in [-0.2, 0) is 13.6 Å². The molecule has 0 radical (unpaired) electrons. The van der Waals surface area contributed by atoms with Crippen molar-refractivity contribution in [2.75, 3.05) is 26.2 Å². The van der Waals surface area contributed by atoms with Crippen LogP contribution in [0.15, 0.2) is 39.9 Å². The summed E-state index contributed by atoms with van der Waals surface area (Å²) < 4.78 is 14.0. The number of halogens is 1. The summed E-state index contributed by atoms with van der Waals surface area (Å²) in [6.45, 7) is 6.51. The molecule has 2 aliphatic rings. The molecule has 4 heterocycles. The molecule has 1 saturated carbocycles. The summed E-state index contributed by atoms with van der Waals surface area (Å²) in [6.07, 6.45) is 7.80. The lowest BCUT2D eigenvalue weighted by Gasteiger charge is -2.33. The SMILES string of the molecule is CC1CNCCN1Cc1cc2c(=O)n(C)cc(-c3ccncc3OCC3CC3)c2o1.Cl. The molecule has 0 bridgehead atoms. The fourth-order valence-corrected chi connectivity index (χ4v) is 4.10. The Morgan fingerprint density at radius 2 is 2.16 bits per heavy atom. The summed E-state index contributed by atoms with van der Waals surface area (Å²) in [5.41, 5.74) is 2.34. The van der Waals surface area contributed by atoms with E-state index in [4.69, 9.17) is 9.15 Å². The van der Waals surface area contributed by atoms with Gasteiger partial charge in [0, 0.05) is 56.2 Å². The van der Waals surface area contributed by atoms with Gasteiger partial charge in [0.2, 0.25) is 0 Å². The first-order valence-corrected chi connectivity index (χ1v) is 10.7. The zero-order valence-corrected chi connectivity index (χ0v) is 18.8. The quantitative estimate of drug-likeness (QED) is 0.629. The van der Waals surface area contributed by atoms with Crippen molar-refractivity contribution in [1.82, 2.24) is 19.8 Å². The molecule has 0 spiro atoms. The van der Waals surface area contributed by atoms with Gasteiger partial charge in [-0.3, -0.25) is 14.7 Å². The Kier molecular flexibility index (Phi) is 6.36. The van der Waals surface area contributed by atoms with Crippen LogP contribution in [-0.4, -0.2) is 46.7 Å². The van der Waals surface area contributed by atoms with E-state index in [1.807, 2.05) is 18.3 Å². The topological polar surface area (TPSA) is 72.5 Å². The van der Waals surface area contributed by atoms with Crippen LogP contribution >= 0.6 is 12.4 Å². The molecule has 31 heavy (non-hydrogen) atoms. The Bertz CT molecular complexity index is 1120. The summed E-state index contributed by atoms with van der Waals surface area (Å²) in [5, 5.41) is 4.02. The Balaban J connectivity index is 0.00000231. The van der Waals surface area contributed by atoms with Crippen LogP contribution in [0, 0.1) is 5.92 Å². The van der Waals surface area contributed by atoms with Gasteiger partial charge in [-0.2, -0.15) is 0 Å². The van der Waals surface area contributed by atoms with Gasteiger partial charge < -0.3 is 19.0 Å². The van der Waals surface area contributed by atoms with Crippen LogP contribution in [0.2, 0.25) is 0 Å². The summed E-state index contributed by atoms with van der Waals surface area (Å²) in [7, 11) is 1.78. The van der Waals surface area contributed by atoms with E-state index in [1.165, 1.54) is 12.8 Å². The van der Waals surface area contributed by atoms with E-state index in [2.05, 4.69) is 22.1 Å². The van der Waals surface area contributed by atoms with Gasteiger partial charge in [-0.25, -0.2) is 0 Å². The average Bonchev–Trinajstić information content (AvgIpc) is 3.49. The molecule has 1 aliphatic heterocycles. The van der Waals surface area contributed by atoms with Gasteiger partial charge in [0.05, 0.1) is 24.7 Å². The van der Waals surface area contributed by atoms with E-state index in [-0.39, 0.29) is 18.0 Å². The highest BCUT2D eigenvalue weighted by Crippen LogP contribution is 2.36. The number of fused-ring (bicyclic) bond motifs is 1. The molecule has 3 aromatic rings. The Morgan fingerprint density at radius 1 is 1.32 bits per heavy atom. The maximum Gasteiger partial charge on any atom is 0.261 e. The van der Waals surface area contributed by atoms with E-state index in [0.717, 1.165) is 42.3 Å². The Labute approximate surface area is 187 Å². The molecule has 1 N–H and O–H groups in total. The number of furan rings is 1. The smallest absolute Gasteiger partial charge is 0.261 e. The van der Waals surface area contributed by atoms with Gasteiger partial charge in [-0.15, -0.1) is 12.4 Å². The summed E-state index contributed by atoms with van der Waals surface area (Å²) in [5.74, 6) is 2.20. The van der Waals surface area contributed by atoms with Crippen LogP contribution in [0.5, 0.6) is 5.75 Å². The second-order valence-corrected chi connectivity index (χ2v) is 8.56. The number of aryl methyl sites for hydroxylation is 1. The third-order valence-electron chi connectivity index (χ3n) is 6.15. The lowest BCUT2D eigenvalue weighted by Crippen LogP contribution is -2.49. The van der Waals surface area contributed by atoms with Crippen molar-refractivity contribution < 1.29 is 9.15 Å². The molecule has 3 aromatic heterocycles. The first-order chi connectivity index (χ1) is 14.6. The first kappa shape index (κ1) is 21.9. The molecule has 1 aliphatic carbocycles. The zero-order chi connectivity index (χ0) is 20.7. The van der Waals surface area contributed by atoms with E-state index in [9.17, 15) is 4.79 Å². The number of rotatable bonds is 6. The van der Waals surface area contributed by atoms with E-state index in [1.54, 1.807) is 24.0 Å². The molecular weight excluding hydrogens is 416 g/mol. The molecule has 1 atom stereocenters. The van der Waals surface area contributed by atoms with Crippen LogP contribution in [0.25, 0.3) is 22.1 Å². The first-order valence-electron chi connectivity index (χ1n) is 10.7. The summed E-state index contributed by atoms with van der Waals surface area (Å²) in [6, 6.07) is 4.26. The molecule has 0 amide bonds. The number of ether oxygens (including phenoxy) is 1. The third-order valence-corrected chi connectivity index (χ3v) is 6.15. The number of nitrogens with one attached hydrogen (secondary N) is 1. The number of nitrogens with zero attached hydrogens (tertiary/aromatic N) is 3. The van der Waals surface area contributed by atoms with Crippen LogP contribution in [0.4, 0.5) is 0 Å². The monoisotopic (exact) mass is 444 g/mol. The van der Waals surface area contributed by atoms with E-state index in [0.29, 0.717) is 36.1 Å². The van der Waals surface area contributed by atoms with Crippen molar-refractivity contribution in [3.63, 3.8) is 0 Å². The lowest BCUT2D eigenvalue weighted by molar-refractivity contribution is 0.155. The van der Waals surface area contributed by atoms with Crippen LogP contribution in [0.3, 0.4) is 0 Å². The fourth-order valence-electron chi connectivity index (χ4n) is 4.10. The van der Waals surface area contributed by atoms with Crippen molar-refractivity contribution in [1.29, 1.82) is 0 Å². The number of pyridine rings is 2. The van der Waals surface area contributed by atoms with Gasteiger partial charge in [0.1, 0.15) is 17.1 Å². The average molecular weight is 445 g/mol. The second kappa shape index (κ2) is 9.02. The summed E-state index contributed by atoms with van der Waals surface area (Å²) in [4.78, 5) is 19.5. The van der Waals surface area contributed by atoms with Gasteiger partial charge in [0.15, 0.2) is 0 Å².